The number of halogens is 2. The molecular weight excluding hydrogens is 625 g/mol. The standard InChI is InChI=1S/C36H37Cl2N3O3S/c1-40(36(42)31-19-24(22-39)18-28-6-4-5-7-30(28)31)23-29(26-8-10-32(37)33(38)20-26)14-17-41-15-12-25(13-16-41)27-9-11-35(45(3)43)34(21-27)44-2/h4-11,18-21,25,29H,12-17,23H2,1-3H3. The summed E-state index contributed by atoms with van der Waals surface area (Å²) >= 11 is 12.7. The monoisotopic (exact) mass is 661 g/mol. The number of benzene rings is 4. The summed E-state index contributed by atoms with van der Waals surface area (Å²) in [6.07, 6.45) is 4.55. The van der Waals surface area contributed by atoms with Gasteiger partial charge in [0.1, 0.15) is 5.75 Å². The van der Waals surface area contributed by atoms with Crippen molar-refractivity contribution in [2.75, 3.05) is 46.6 Å². The fourth-order valence-electron chi connectivity index (χ4n) is 6.30. The van der Waals surface area contributed by atoms with Gasteiger partial charge in [0.25, 0.3) is 5.91 Å². The average molecular weight is 663 g/mol. The van der Waals surface area contributed by atoms with E-state index in [2.05, 4.69) is 17.0 Å². The second-order valence-corrected chi connectivity index (χ2v) is 13.8. The Morgan fingerprint density at radius 2 is 1.82 bits per heavy atom. The molecule has 5 rings (SSSR count). The summed E-state index contributed by atoms with van der Waals surface area (Å²) < 4.78 is 17.6. The first-order valence-corrected chi connectivity index (χ1v) is 17.4. The van der Waals surface area contributed by atoms with Crippen molar-refractivity contribution in [1.82, 2.24) is 9.80 Å². The van der Waals surface area contributed by atoms with Gasteiger partial charge < -0.3 is 14.5 Å². The number of ether oxygens (including phenoxy) is 1. The number of piperidine rings is 1. The zero-order chi connectivity index (χ0) is 32.1. The van der Waals surface area contributed by atoms with Crippen molar-refractivity contribution in [3.63, 3.8) is 0 Å². The number of rotatable bonds is 10. The lowest BCUT2D eigenvalue weighted by Gasteiger charge is -2.34. The Bertz CT molecular complexity index is 1760. The fraction of sp³-hybridized carbons (Fsp3) is 0.333. The van der Waals surface area contributed by atoms with E-state index in [1.54, 1.807) is 24.3 Å². The number of methoxy groups -OCH3 is 1. The Morgan fingerprint density at radius 3 is 2.51 bits per heavy atom. The van der Waals surface area contributed by atoms with Crippen LogP contribution in [0.1, 0.15) is 58.1 Å². The van der Waals surface area contributed by atoms with Gasteiger partial charge in [-0.25, -0.2) is 0 Å². The van der Waals surface area contributed by atoms with Gasteiger partial charge >= 0.3 is 0 Å². The third-order valence-electron chi connectivity index (χ3n) is 8.83. The van der Waals surface area contributed by atoms with Crippen LogP contribution in [0.3, 0.4) is 0 Å². The van der Waals surface area contributed by atoms with Crippen molar-refractivity contribution in [1.29, 1.82) is 5.26 Å². The summed E-state index contributed by atoms with van der Waals surface area (Å²) in [5.74, 6) is 1.01. The van der Waals surface area contributed by atoms with Crippen LogP contribution in [0.25, 0.3) is 10.8 Å². The van der Waals surface area contributed by atoms with E-state index < -0.39 is 10.8 Å². The molecule has 2 atom stereocenters. The van der Waals surface area contributed by atoms with E-state index in [1.807, 2.05) is 67.7 Å². The minimum Gasteiger partial charge on any atom is -0.495 e. The second kappa shape index (κ2) is 14.8. The van der Waals surface area contributed by atoms with Gasteiger partial charge in [-0.15, -0.1) is 0 Å². The van der Waals surface area contributed by atoms with Gasteiger partial charge in [-0.05, 0) is 103 Å². The zero-order valence-electron chi connectivity index (χ0n) is 25.8. The van der Waals surface area contributed by atoms with Gasteiger partial charge in [0.15, 0.2) is 0 Å². The molecule has 0 spiro atoms. The lowest BCUT2D eigenvalue weighted by molar-refractivity contribution is 0.0783. The number of nitriles is 1. The van der Waals surface area contributed by atoms with E-state index in [1.165, 1.54) is 5.56 Å². The minimum absolute atomic E-state index is 0.0311. The average Bonchev–Trinajstić information content (AvgIpc) is 3.06. The number of hydrogen-bond donors (Lipinski definition) is 0. The van der Waals surface area contributed by atoms with Crippen molar-refractivity contribution in [3.8, 4) is 11.8 Å². The SMILES string of the molecule is COc1cc(C2CCN(CCC(CN(C)C(=O)c3cc(C#N)cc4ccccc34)c3ccc(Cl)c(Cl)c3)CC2)ccc1S(C)=O. The van der Waals surface area contributed by atoms with Gasteiger partial charge in [0.05, 0.1) is 44.5 Å². The van der Waals surface area contributed by atoms with Crippen LogP contribution in [0.2, 0.25) is 10.0 Å². The molecule has 1 saturated heterocycles. The lowest BCUT2D eigenvalue weighted by Crippen LogP contribution is -2.36. The highest BCUT2D eigenvalue weighted by molar-refractivity contribution is 7.84. The molecule has 1 aliphatic heterocycles. The molecule has 2 unspecified atom stereocenters. The highest BCUT2D eigenvalue weighted by Gasteiger charge is 2.25. The third-order valence-corrected chi connectivity index (χ3v) is 10.5. The molecule has 4 aromatic rings. The molecule has 1 amide bonds. The van der Waals surface area contributed by atoms with E-state index in [9.17, 15) is 14.3 Å². The topological polar surface area (TPSA) is 73.6 Å². The van der Waals surface area contributed by atoms with Crippen molar-refractivity contribution < 1.29 is 13.7 Å². The van der Waals surface area contributed by atoms with E-state index in [-0.39, 0.29) is 11.8 Å². The van der Waals surface area contributed by atoms with E-state index in [0.29, 0.717) is 39.4 Å². The van der Waals surface area contributed by atoms with Gasteiger partial charge in [0.2, 0.25) is 0 Å². The Labute approximate surface area is 277 Å². The molecule has 6 nitrogen and oxygen atoms in total. The predicted molar refractivity (Wildman–Crippen MR) is 183 cm³/mol. The van der Waals surface area contributed by atoms with E-state index >= 15 is 0 Å². The maximum absolute atomic E-state index is 13.8. The summed E-state index contributed by atoms with van der Waals surface area (Å²) in [7, 11) is 2.35. The Kier molecular flexibility index (Phi) is 10.8. The third kappa shape index (κ3) is 7.70. The van der Waals surface area contributed by atoms with Crippen LogP contribution in [0.15, 0.2) is 77.7 Å². The van der Waals surface area contributed by atoms with Crippen LogP contribution < -0.4 is 4.74 Å². The second-order valence-electron chi connectivity index (χ2n) is 11.7. The summed E-state index contributed by atoms with van der Waals surface area (Å²) in [6.45, 7) is 3.29. The maximum atomic E-state index is 13.8. The molecule has 0 saturated carbocycles. The molecule has 0 aromatic heterocycles. The van der Waals surface area contributed by atoms with Gasteiger partial charge in [-0.2, -0.15) is 5.26 Å². The van der Waals surface area contributed by atoms with Crippen LogP contribution in [-0.2, 0) is 10.8 Å². The molecule has 0 radical (unpaired) electrons. The summed E-state index contributed by atoms with van der Waals surface area (Å²) in [6, 6.07) is 25.1. The maximum Gasteiger partial charge on any atom is 0.254 e. The van der Waals surface area contributed by atoms with E-state index in [4.69, 9.17) is 27.9 Å². The van der Waals surface area contributed by atoms with Crippen LogP contribution in [0.4, 0.5) is 0 Å². The lowest BCUT2D eigenvalue weighted by atomic mass is 9.88. The molecule has 234 valence electrons. The van der Waals surface area contributed by atoms with Crippen molar-refractivity contribution in [3.05, 3.63) is 105 Å². The molecule has 9 heteroatoms. The van der Waals surface area contributed by atoms with Gasteiger partial charge in [0, 0.05) is 31.3 Å². The van der Waals surface area contributed by atoms with Crippen LogP contribution >= 0.6 is 23.2 Å². The highest BCUT2D eigenvalue weighted by Crippen LogP contribution is 2.34. The quantitative estimate of drug-likeness (QED) is 0.173. The largest absolute Gasteiger partial charge is 0.495 e. The molecule has 1 aliphatic rings. The molecule has 1 heterocycles. The summed E-state index contributed by atoms with van der Waals surface area (Å²) in [4.78, 5) is 18.8. The van der Waals surface area contributed by atoms with Crippen molar-refractivity contribution in [2.24, 2.45) is 0 Å². The minimum atomic E-state index is -1.10. The molecule has 0 aliphatic carbocycles. The smallest absolute Gasteiger partial charge is 0.254 e. The highest BCUT2D eigenvalue weighted by atomic mass is 35.5. The zero-order valence-corrected chi connectivity index (χ0v) is 28.1. The Morgan fingerprint density at radius 1 is 1.07 bits per heavy atom. The van der Waals surface area contributed by atoms with Crippen molar-refractivity contribution >= 4 is 50.7 Å². The number of hydrogen-bond acceptors (Lipinski definition) is 5. The fourth-order valence-corrected chi connectivity index (χ4v) is 7.30. The van der Waals surface area contributed by atoms with Crippen LogP contribution in [0, 0.1) is 11.3 Å². The van der Waals surface area contributed by atoms with Gasteiger partial charge in [-0.3, -0.25) is 9.00 Å². The normalized spacial score (nSPS) is 15.4. The summed E-state index contributed by atoms with van der Waals surface area (Å²) in [5.41, 5.74) is 3.25. The number of likely N-dealkylation sites (tertiary alicyclic amines) is 1. The summed E-state index contributed by atoms with van der Waals surface area (Å²) in [5, 5.41) is 12.3. The molecular formula is C36H37Cl2N3O3S. The Hall–Kier alpha value is -3.41. The molecule has 1 fully saturated rings. The Balaban J connectivity index is 1.29. The first-order valence-electron chi connectivity index (χ1n) is 15.1. The van der Waals surface area contributed by atoms with Crippen LogP contribution in [-0.4, -0.2) is 66.5 Å². The molecule has 0 N–H and O–H groups in total. The number of fused-ring (bicyclic) bond motifs is 1. The van der Waals surface area contributed by atoms with Crippen molar-refractivity contribution in [2.45, 2.75) is 36.0 Å². The molecule has 4 aromatic carbocycles. The number of amides is 1. The van der Waals surface area contributed by atoms with E-state index in [0.717, 1.165) is 60.1 Å². The predicted octanol–water partition coefficient (Wildman–Crippen LogP) is 7.89. The number of nitrogens with zero attached hydrogens (tertiary/aromatic N) is 3. The van der Waals surface area contributed by atoms with Gasteiger partial charge in [-0.1, -0.05) is 59.6 Å². The number of likely N-dealkylation sites (N-methyl/N-ethyl adjacent to an activating group) is 1. The number of carbonyl (C=O) groups is 1. The van der Waals surface area contributed by atoms with Crippen LogP contribution in [0.5, 0.6) is 5.75 Å². The first kappa shape index (κ1) is 33.0. The molecule has 0 bridgehead atoms. The first-order chi connectivity index (χ1) is 21.7. The molecule has 45 heavy (non-hydrogen) atoms. The number of carbonyl (C=O) groups excluding carboxylic acids is 1.